The van der Waals surface area contributed by atoms with Crippen LogP contribution in [0, 0.1) is 6.92 Å². The molecule has 6 aromatic rings. The van der Waals surface area contributed by atoms with Crippen molar-refractivity contribution in [2.24, 2.45) is 0 Å². The Labute approximate surface area is 338 Å². The Morgan fingerprint density at radius 3 is 2.09 bits per heavy atom. The van der Waals surface area contributed by atoms with Crippen molar-refractivity contribution in [2.75, 3.05) is 26.1 Å². The Balaban J connectivity index is 1.85. The third kappa shape index (κ3) is 7.08. The van der Waals surface area contributed by atoms with Crippen LogP contribution < -0.4 is 10.5 Å². The number of para-hydroxylation sites is 1. The predicted molar refractivity (Wildman–Crippen MR) is 228 cm³/mol. The number of unbranched alkanes of at least 4 members (excludes halogenated alkanes) is 1. The van der Waals surface area contributed by atoms with Crippen molar-refractivity contribution in [3.63, 3.8) is 0 Å². The third-order valence-electron chi connectivity index (χ3n) is 11.1. The lowest BCUT2D eigenvalue weighted by atomic mass is 9.52. The molecule has 1 aliphatic rings. The van der Waals surface area contributed by atoms with Crippen molar-refractivity contribution in [1.29, 1.82) is 0 Å². The number of ether oxygens (including phenoxy) is 1. The summed E-state index contributed by atoms with van der Waals surface area (Å²) in [6.07, 6.45) is 4.04. The minimum absolute atomic E-state index is 0.0948. The number of benzene rings is 4. The van der Waals surface area contributed by atoms with Crippen LogP contribution in [0.3, 0.4) is 0 Å². The van der Waals surface area contributed by atoms with E-state index in [1.165, 1.54) is 7.11 Å². The molecule has 2 unspecified atom stereocenters. The highest BCUT2D eigenvalue weighted by atomic mass is 16.5. The number of tetrazole rings is 1. The van der Waals surface area contributed by atoms with E-state index in [4.69, 9.17) is 19.9 Å². The molecule has 7 rings (SSSR count). The topological polar surface area (TPSA) is 133 Å². The van der Waals surface area contributed by atoms with E-state index >= 15 is 0 Å². The molecule has 11 heteroatoms. The van der Waals surface area contributed by atoms with E-state index in [9.17, 15) is 9.59 Å². The largest absolute Gasteiger partial charge is 0.469 e. The Hall–Kier alpha value is -6.75. The van der Waals surface area contributed by atoms with E-state index in [1.54, 1.807) is 13.0 Å². The summed E-state index contributed by atoms with van der Waals surface area (Å²) >= 11 is 0. The molecule has 0 amide bonds. The Morgan fingerprint density at radius 1 is 0.845 bits per heavy atom. The van der Waals surface area contributed by atoms with Gasteiger partial charge in [-0.1, -0.05) is 123 Å². The fourth-order valence-electron chi connectivity index (χ4n) is 8.81. The number of hydrogen-bond donors (Lipinski definition) is 2. The second kappa shape index (κ2) is 16.8. The summed E-state index contributed by atoms with van der Waals surface area (Å²) < 4.78 is 7.66. The highest BCUT2D eigenvalue weighted by Gasteiger charge is 2.61. The lowest BCUT2D eigenvalue weighted by molar-refractivity contribution is -0.460. The molecule has 2 heterocycles. The average Bonchev–Trinajstić information content (AvgIpc) is 3.78. The molecule has 0 saturated heterocycles. The SMILES string of the molecule is CCCCC1(c2cc(=O)[nH]c(C)n2)C(c2ccccc2)=C(C)C(CC(=O)OC)(c2ccccc2-c2ccccc2)C(N(C=[N+](C)C)c2ccccc2)=C1c1nn[nH]n1. The minimum atomic E-state index is -1.27. The number of hydrogen-bond acceptors (Lipinski definition) is 7. The van der Waals surface area contributed by atoms with E-state index < -0.39 is 16.8 Å². The van der Waals surface area contributed by atoms with Crippen LogP contribution in [0.5, 0.6) is 0 Å². The molecule has 58 heavy (non-hydrogen) atoms. The van der Waals surface area contributed by atoms with Gasteiger partial charge in [0, 0.05) is 6.07 Å². The first-order valence-corrected chi connectivity index (χ1v) is 19.6. The minimum Gasteiger partial charge on any atom is -0.469 e. The molecule has 1 aliphatic carbocycles. The van der Waals surface area contributed by atoms with Gasteiger partial charge in [0.1, 0.15) is 17.2 Å². The fraction of sp³-hybridized carbons (Fsp3) is 0.255. The van der Waals surface area contributed by atoms with E-state index in [-0.39, 0.29) is 12.0 Å². The van der Waals surface area contributed by atoms with Gasteiger partial charge in [-0.05, 0) is 71.0 Å². The molecule has 0 fully saturated rings. The number of aryl methyl sites for hydroxylation is 1. The summed E-state index contributed by atoms with van der Waals surface area (Å²) in [5, 5.41) is 16.5. The van der Waals surface area contributed by atoms with Gasteiger partial charge < -0.3 is 9.72 Å². The standard InChI is InChI=1S/C47H48N8O3/c1-7-8-28-46(39-29-40(56)49-33(3)48-39)42(35-22-14-10-15-23-35)32(2)47(30-41(57)58-6,38-27-19-18-26-37(38)34-20-12-9-13-21-34)44(43(46)45-50-52-53-51-45)55(31-54(4)5)36-24-16-11-17-25-36/h9-27,29,31H,7-8,28,30H2,1-6H3,(H-,48,49,50,51,52,53,56)/p+1. The van der Waals surface area contributed by atoms with Gasteiger partial charge >= 0.3 is 5.97 Å². The molecule has 2 atom stereocenters. The zero-order chi connectivity index (χ0) is 40.9. The lowest BCUT2D eigenvalue weighted by Crippen LogP contribution is -2.51. The predicted octanol–water partition coefficient (Wildman–Crippen LogP) is 7.89. The molecule has 2 N–H and O–H groups in total. The molecule has 2 aromatic heterocycles. The first-order valence-electron chi connectivity index (χ1n) is 19.6. The highest BCUT2D eigenvalue weighted by molar-refractivity contribution is 6.03. The molecular formula is C47H49N8O3+. The van der Waals surface area contributed by atoms with Crippen LogP contribution >= 0.6 is 0 Å². The zero-order valence-corrected chi connectivity index (χ0v) is 33.9. The van der Waals surface area contributed by atoms with Gasteiger partial charge in [0.15, 0.2) is 0 Å². The number of nitrogens with zero attached hydrogens (tertiary/aromatic N) is 6. The van der Waals surface area contributed by atoms with Gasteiger partial charge in [-0.15, -0.1) is 10.2 Å². The molecule has 0 saturated carbocycles. The van der Waals surface area contributed by atoms with Gasteiger partial charge in [0.25, 0.3) is 5.56 Å². The molecule has 4 aromatic carbocycles. The second-order valence-electron chi connectivity index (χ2n) is 14.9. The van der Waals surface area contributed by atoms with Crippen molar-refractivity contribution in [3.8, 4) is 11.1 Å². The van der Waals surface area contributed by atoms with Crippen molar-refractivity contribution < 1.29 is 14.1 Å². The summed E-state index contributed by atoms with van der Waals surface area (Å²) in [6, 6.07) is 40.3. The second-order valence-corrected chi connectivity index (χ2v) is 14.9. The lowest BCUT2D eigenvalue weighted by Gasteiger charge is -2.51. The van der Waals surface area contributed by atoms with Crippen LogP contribution in [0.25, 0.3) is 22.3 Å². The number of aromatic nitrogens is 6. The number of methoxy groups -OCH3 is 1. The molecule has 0 aliphatic heterocycles. The normalized spacial score (nSPS) is 17.9. The summed E-state index contributed by atoms with van der Waals surface area (Å²) in [5.74, 6) is 0.368. The summed E-state index contributed by atoms with van der Waals surface area (Å²) in [7, 11) is 5.37. The number of rotatable bonds is 13. The molecule has 0 radical (unpaired) electrons. The Kier molecular flexibility index (Phi) is 11.4. The molecule has 294 valence electrons. The van der Waals surface area contributed by atoms with Crippen molar-refractivity contribution in [2.45, 2.75) is 57.3 Å². The van der Waals surface area contributed by atoms with Crippen LogP contribution in [-0.4, -0.2) is 68.7 Å². The fourth-order valence-corrected chi connectivity index (χ4v) is 8.81. The quantitative estimate of drug-likeness (QED) is 0.0524. The number of aromatic amines is 2. The summed E-state index contributed by atoms with van der Waals surface area (Å²) in [6.45, 7) is 6.07. The van der Waals surface area contributed by atoms with Crippen molar-refractivity contribution in [3.05, 3.63) is 171 Å². The monoisotopic (exact) mass is 773 g/mol. The smallest absolute Gasteiger partial charge is 0.307 e. The van der Waals surface area contributed by atoms with Crippen LogP contribution in [0.2, 0.25) is 0 Å². The van der Waals surface area contributed by atoms with Gasteiger partial charge in [0.2, 0.25) is 12.2 Å². The molecule has 0 bridgehead atoms. The van der Waals surface area contributed by atoms with E-state index in [1.807, 2.05) is 104 Å². The zero-order valence-electron chi connectivity index (χ0n) is 33.9. The van der Waals surface area contributed by atoms with Gasteiger partial charge in [-0.2, -0.15) is 5.21 Å². The maximum Gasteiger partial charge on any atom is 0.307 e. The first kappa shape index (κ1) is 39.5. The Bertz CT molecular complexity index is 2540. The van der Waals surface area contributed by atoms with Crippen LogP contribution in [-0.2, 0) is 20.4 Å². The van der Waals surface area contributed by atoms with Crippen molar-refractivity contribution >= 4 is 29.1 Å². The maximum absolute atomic E-state index is 14.5. The number of allylic oxidation sites excluding steroid dienone is 3. The summed E-state index contributed by atoms with van der Waals surface area (Å²) in [5.41, 5.74) is 5.51. The number of anilines is 1. The number of H-pyrrole nitrogens is 2. The van der Waals surface area contributed by atoms with Crippen LogP contribution in [0.15, 0.2) is 137 Å². The molecular weight excluding hydrogens is 725 g/mol. The van der Waals surface area contributed by atoms with Crippen LogP contribution in [0.4, 0.5) is 5.69 Å². The molecule has 11 nitrogen and oxygen atoms in total. The Morgan fingerprint density at radius 2 is 1.48 bits per heavy atom. The van der Waals surface area contributed by atoms with Gasteiger partial charge in [-0.25, -0.2) is 9.88 Å². The van der Waals surface area contributed by atoms with Gasteiger partial charge in [-0.3, -0.25) is 14.2 Å². The van der Waals surface area contributed by atoms with Crippen LogP contribution in [0.1, 0.15) is 68.0 Å². The summed E-state index contributed by atoms with van der Waals surface area (Å²) in [4.78, 5) is 38.5. The number of nitrogens with one attached hydrogen (secondary N) is 2. The molecule has 0 spiro atoms. The average molecular weight is 774 g/mol. The van der Waals surface area contributed by atoms with E-state index in [0.717, 1.165) is 51.9 Å². The van der Waals surface area contributed by atoms with E-state index in [2.05, 4.69) is 70.6 Å². The van der Waals surface area contributed by atoms with Gasteiger partial charge in [0.05, 0.1) is 49.7 Å². The van der Waals surface area contributed by atoms with Crippen molar-refractivity contribution in [1.82, 2.24) is 30.6 Å². The number of carbonyl (C=O) groups is 1. The van der Waals surface area contributed by atoms with E-state index in [0.29, 0.717) is 35.0 Å². The third-order valence-corrected chi connectivity index (χ3v) is 11.1. The number of carbonyl (C=O) groups excluding carboxylic acids is 1. The maximum atomic E-state index is 14.5. The highest BCUT2D eigenvalue weighted by Crippen LogP contribution is 2.64. The number of esters is 1. The first-order chi connectivity index (χ1) is 28.1.